The van der Waals surface area contributed by atoms with E-state index in [1.165, 1.54) is 25.8 Å². The van der Waals surface area contributed by atoms with Crippen LogP contribution in [0.1, 0.15) is 35.6 Å². The molecule has 0 atom stereocenters. The highest BCUT2D eigenvalue weighted by Gasteiger charge is 2.37. The van der Waals surface area contributed by atoms with Crippen LogP contribution < -0.4 is 0 Å². The van der Waals surface area contributed by atoms with Crippen molar-refractivity contribution in [2.45, 2.75) is 33.2 Å². The molecule has 1 aromatic heterocycles. The molecule has 1 amide bonds. The lowest BCUT2D eigenvalue weighted by molar-refractivity contribution is -0.147. The van der Waals surface area contributed by atoms with Gasteiger partial charge in [0.25, 0.3) is 5.91 Å². The van der Waals surface area contributed by atoms with Crippen LogP contribution in [0.2, 0.25) is 0 Å². The summed E-state index contributed by atoms with van der Waals surface area (Å²) in [6.07, 6.45) is 0. The third kappa shape index (κ3) is 2.10. The van der Waals surface area contributed by atoms with E-state index in [4.69, 9.17) is 5.11 Å². The first kappa shape index (κ1) is 14.2. The van der Waals surface area contributed by atoms with Gasteiger partial charge in [-0.2, -0.15) is 5.10 Å². The summed E-state index contributed by atoms with van der Waals surface area (Å²) in [5.41, 5.74) is 0.541. The molecule has 0 aliphatic rings. The second-order valence-corrected chi connectivity index (χ2v) is 4.90. The fourth-order valence-corrected chi connectivity index (χ4v) is 1.65. The number of nitrogens with zero attached hydrogens (tertiary/aromatic N) is 3. The number of carboxylic acids is 1. The largest absolute Gasteiger partial charge is 0.480 e. The van der Waals surface area contributed by atoms with Crippen LogP contribution in [-0.4, -0.2) is 44.3 Å². The van der Waals surface area contributed by atoms with E-state index in [9.17, 15) is 9.59 Å². The average Bonchev–Trinajstić information content (AvgIpc) is 2.51. The number of aryl methyl sites for hydroxylation is 2. The SMILES string of the molecule is Cc1nn(C)c(C)c1C(=O)N(C)C(C)(C)C(=O)O. The molecular weight excluding hydrogens is 234 g/mol. The molecule has 0 fully saturated rings. The van der Waals surface area contributed by atoms with Crippen molar-refractivity contribution in [3.63, 3.8) is 0 Å². The lowest BCUT2D eigenvalue weighted by Gasteiger charge is -2.31. The predicted molar refractivity (Wildman–Crippen MR) is 66.5 cm³/mol. The van der Waals surface area contributed by atoms with Crippen molar-refractivity contribution in [1.82, 2.24) is 14.7 Å². The number of hydrogen-bond acceptors (Lipinski definition) is 3. The van der Waals surface area contributed by atoms with E-state index in [1.807, 2.05) is 0 Å². The third-order valence-electron chi connectivity index (χ3n) is 3.39. The van der Waals surface area contributed by atoms with Crippen molar-refractivity contribution in [3.05, 3.63) is 17.0 Å². The van der Waals surface area contributed by atoms with Crippen LogP contribution in [-0.2, 0) is 11.8 Å². The Labute approximate surface area is 106 Å². The molecule has 100 valence electrons. The van der Waals surface area contributed by atoms with Gasteiger partial charge < -0.3 is 10.0 Å². The van der Waals surface area contributed by atoms with Gasteiger partial charge in [0, 0.05) is 19.8 Å². The lowest BCUT2D eigenvalue weighted by atomic mass is 10.0. The molecule has 6 heteroatoms. The Morgan fingerprint density at radius 1 is 1.33 bits per heavy atom. The normalized spacial score (nSPS) is 11.4. The van der Waals surface area contributed by atoms with Gasteiger partial charge in [-0.3, -0.25) is 9.48 Å². The first-order valence-electron chi connectivity index (χ1n) is 5.62. The molecule has 0 unspecified atom stereocenters. The quantitative estimate of drug-likeness (QED) is 0.871. The summed E-state index contributed by atoms with van der Waals surface area (Å²) in [4.78, 5) is 24.7. The number of hydrogen-bond donors (Lipinski definition) is 1. The number of carboxylic acid groups (broad SMARTS) is 1. The molecule has 1 heterocycles. The van der Waals surface area contributed by atoms with Gasteiger partial charge in [0.2, 0.25) is 0 Å². The maximum atomic E-state index is 12.4. The van der Waals surface area contributed by atoms with Crippen LogP contribution >= 0.6 is 0 Å². The predicted octanol–water partition coefficient (Wildman–Crippen LogP) is 0.972. The summed E-state index contributed by atoms with van der Waals surface area (Å²) in [5, 5.41) is 13.3. The molecule has 0 aliphatic heterocycles. The van der Waals surface area contributed by atoms with Crippen LogP contribution in [0.3, 0.4) is 0 Å². The van der Waals surface area contributed by atoms with E-state index in [0.29, 0.717) is 11.3 Å². The van der Waals surface area contributed by atoms with Crippen molar-refractivity contribution < 1.29 is 14.7 Å². The van der Waals surface area contributed by atoms with E-state index in [2.05, 4.69) is 5.10 Å². The van der Waals surface area contributed by atoms with Crippen LogP contribution in [0.25, 0.3) is 0 Å². The zero-order chi connectivity index (χ0) is 14.2. The zero-order valence-electron chi connectivity index (χ0n) is 11.6. The van der Waals surface area contributed by atoms with Gasteiger partial charge >= 0.3 is 5.97 Å². The first-order chi connectivity index (χ1) is 8.10. The highest BCUT2D eigenvalue weighted by Crippen LogP contribution is 2.20. The summed E-state index contributed by atoms with van der Waals surface area (Å²) >= 11 is 0. The highest BCUT2D eigenvalue weighted by molar-refractivity contribution is 5.99. The molecule has 0 aliphatic carbocycles. The van der Waals surface area contributed by atoms with Gasteiger partial charge in [-0.25, -0.2) is 4.79 Å². The van der Waals surface area contributed by atoms with Gasteiger partial charge in [-0.15, -0.1) is 0 Å². The summed E-state index contributed by atoms with van der Waals surface area (Å²) < 4.78 is 1.62. The summed E-state index contributed by atoms with van der Waals surface area (Å²) in [6, 6.07) is 0. The minimum Gasteiger partial charge on any atom is -0.480 e. The Hall–Kier alpha value is -1.85. The Bertz CT molecular complexity index is 503. The average molecular weight is 253 g/mol. The molecule has 0 aromatic carbocycles. The van der Waals surface area contributed by atoms with Crippen molar-refractivity contribution >= 4 is 11.9 Å². The first-order valence-corrected chi connectivity index (χ1v) is 5.62. The topological polar surface area (TPSA) is 75.4 Å². The molecule has 0 saturated carbocycles. The number of amides is 1. The van der Waals surface area contributed by atoms with E-state index >= 15 is 0 Å². The second-order valence-electron chi connectivity index (χ2n) is 4.90. The third-order valence-corrected chi connectivity index (χ3v) is 3.39. The fraction of sp³-hybridized carbons (Fsp3) is 0.583. The van der Waals surface area contributed by atoms with Gasteiger partial charge in [0.1, 0.15) is 5.54 Å². The lowest BCUT2D eigenvalue weighted by Crippen LogP contribution is -2.51. The maximum Gasteiger partial charge on any atom is 0.329 e. The van der Waals surface area contributed by atoms with E-state index in [1.54, 1.807) is 25.6 Å². The summed E-state index contributed by atoms with van der Waals surface area (Å²) in [6.45, 7) is 6.51. The van der Waals surface area contributed by atoms with E-state index < -0.39 is 11.5 Å². The van der Waals surface area contributed by atoms with Crippen molar-refractivity contribution in [2.24, 2.45) is 7.05 Å². The molecule has 1 rings (SSSR count). The van der Waals surface area contributed by atoms with Gasteiger partial charge in [0.05, 0.1) is 11.3 Å². The minimum absolute atomic E-state index is 0.328. The number of likely N-dealkylation sites (N-methyl/N-ethyl adjacent to an activating group) is 1. The van der Waals surface area contributed by atoms with E-state index in [0.717, 1.165) is 5.69 Å². The molecule has 0 saturated heterocycles. The fourth-order valence-electron chi connectivity index (χ4n) is 1.65. The molecule has 1 N–H and O–H groups in total. The van der Waals surface area contributed by atoms with Crippen LogP contribution in [0.15, 0.2) is 0 Å². The molecule has 6 nitrogen and oxygen atoms in total. The Kier molecular flexibility index (Phi) is 3.50. The molecule has 1 aromatic rings. The Balaban J connectivity index is 3.20. The van der Waals surface area contributed by atoms with Gasteiger partial charge in [0.15, 0.2) is 0 Å². The molecule has 18 heavy (non-hydrogen) atoms. The molecule has 0 bridgehead atoms. The zero-order valence-corrected chi connectivity index (χ0v) is 11.6. The van der Waals surface area contributed by atoms with Crippen LogP contribution in [0.5, 0.6) is 0 Å². The monoisotopic (exact) mass is 253 g/mol. The van der Waals surface area contributed by atoms with Gasteiger partial charge in [-0.05, 0) is 27.7 Å². The van der Waals surface area contributed by atoms with Crippen molar-refractivity contribution in [3.8, 4) is 0 Å². The molecular formula is C12H19N3O3. The Morgan fingerprint density at radius 2 is 1.83 bits per heavy atom. The van der Waals surface area contributed by atoms with Crippen LogP contribution in [0.4, 0.5) is 0 Å². The summed E-state index contributed by atoms with van der Waals surface area (Å²) in [7, 11) is 3.24. The summed E-state index contributed by atoms with van der Waals surface area (Å²) in [5.74, 6) is -1.37. The Morgan fingerprint density at radius 3 is 2.17 bits per heavy atom. The van der Waals surface area contributed by atoms with Crippen LogP contribution in [0, 0.1) is 13.8 Å². The van der Waals surface area contributed by atoms with Crippen molar-refractivity contribution in [2.75, 3.05) is 7.05 Å². The number of aromatic nitrogens is 2. The molecule has 0 spiro atoms. The maximum absolute atomic E-state index is 12.4. The number of carbonyl (C=O) groups excluding carboxylic acids is 1. The smallest absolute Gasteiger partial charge is 0.329 e. The van der Waals surface area contributed by atoms with Gasteiger partial charge in [-0.1, -0.05) is 0 Å². The highest BCUT2D eigenvalue weighted by atomic mass is 16.4. The minimum atomic E-state index is -1.26. The number of carbonyl (C=O) groups is 2. The number of aliphatic carboxylic acids is 1. The van der Waals surface area contributed by atoms with E-state index in [-0.39, 0.29) is 5.91 Å². The van der Waals surface area contributed by atoms with Crippen molar-refractivity contribution in [1.29, 1.82) is 0 Å². The molecule has 0 radical (unpaired) electrons. The standard InChI is InChI=1S/C12H19N3O3/c1-7-9(8(2)15(6)13-7)10(16)14(5)12(3,4)11(17)18/h1-6H3,(H,17,18). The number of rotatable bonds is 3. The second kappa shape index (κ2) is 4.44.